The van der Waals surface area contributed by atoms with Crippen molar-refractivity contribution in [3.63, 3.8) is 0 Å². The van der Waals surface area contributed by atoms with Crippen molar-refractivity contribution in [1.82, 2.24) is 0 Å². The quantitative estimate of drug-likeness (QED) is 0.0186. The number of rotatable bonds is 37. The zero-order chi connectivity index (χ0) is 40.0. The summed E-state index contributed by atoms with van der Waals surface area (Å²) in [5, 5.41) is 17.6. The van der Waals surface area contributed by atoms with Crippen molar-refractivity contribution < 1.29 is 53.8 Å². The number of hydrogen-bond acceptors (Lipinski definition) is 5. The fourth-order valence-corrected chi connectivity index (χ4v) is 6.14. The normalized spacial score (nSPS) is 11.8. The molecule has 0 aliphatic heterocycles. The molecule has 0 aliphatic rings. The number of allylic oxidation sites excluding steroid dienone is 4. The molecule has 0 fully saturated rings. The molecule has 53 heavy (non-hydrogen) atoms. The van der Waals surface area contributed by atoms with Gasteiger partial charge in [-0.15, -0.1) is 0 Å². The van der Waals surface area contributed by atoms with Gasteiger partial charge in [-0.25, -0.2) is 0 Å². The summed E-state index contributed by atoms with van der Waals surface area (Å²) in [6.45, 7) is 11.0. The van der Waals surface area contributed by atoms with E-state index >= 15 is 0 Å². The van der Waals surface area contributed by atoms with Crippen LogP contribution in [0, 0.1) is 11.8 Å². The molecule has 0 heterocycles. The van der Waals surface area contributed by atoms with E-state index in [4.69, 9.17) is 13.9 Å². The summed E-state index contributed by atoms with van der Waals surface area (Å²) in [6, 6.07) is 0. The van der Waals surface area contributed by atoms with Crippen LogP contribution in [0.3, 0.4) is 0 Å². The molecule has 1 unspecified atom stereocenters. The summed E-state index contributed by atoms with van der Waals surface area (Å²) in [4.78, 5) is 25.8. The molecule has 0 aromatic heterocycles. The van der Waals surface area contributed by atoms with Gasteiger partial charge in [-0.2, -0.15) is 0 Å². The second kappa shape index (κ2) is 48.8. The van der Waals surface area contributed by atoms with Gasteiger partial charge in [-0.3, -0.25) is 9.59 Å². The number of carboxylic acid groups (broad SMARTS) is 2. The Kier molecular flexibility index (Phi) is 51.7. The van der Waals surface area contributed by atoms with E-state index in [9.17, 15) is 12.9 Å². The molecule has 0 radical (unpaired) electrons. The van der Waals surface area contributed by atoms with Crippen LogP contribution in [0.4, 0.5) is 0 Å². The van der Waals surface area contributed by atoms with Gasteiger partial charge in [-0.05, 0) is 70.1 Å². The fourth-order valence-electron chi connectivity index (χ4n) is 5.85. The Balaban J connectivity index is -0.000000759. The molecule has 0 amide bonds. The Morgan fingerprint density at radius 3 is 1.26 bits per heavy atom. The Bertz CT molecular complexity index is 830. The van der Waals surface area contributed by atoms with Gasteiger partial charge in [0.1, 0.15) is 0 Å². The van der Waals surface area contributed by atoms with Crippen molar-refractivity contribution in [3.05, 3.63) is 24.3 Å². The molecule has 1 atom stereocenters. The van der Waals surface area contributed by atoms with Crippen molar-refractivity contribution in [1.29, 1.82) is 0 Å². The van der Waals surface area contributed by atoms with E-state index in [1.54, 1.807) is 0 Å². The van der Waals surface area contributed by atoms with Crippen LogP contribution in [0.15, 0.2) is 24.3 Å². The van der Waals surface area contributed by atoms with Crippen molar-refractivity contribution in [3.8, 4) is 0 Å². The van der Waals surface area contributed by atoms with E-state index in [0.29, 0.717) is 13.0 Å². The van der Waals surface area contributed by atoms with Crippen LogP contribution < -0.4 is 0 Å². The minimum absolute atomic E-state index is 0.160. The molecule has 0 aromatic rings. The third-order valence-corrected chi connectivity index (χ3v) is 9.67. The van der Waals surface area contributed by atoms with E-state index < -0.39 is 30.6 Å². The molecule has 8 nitrogen and oxygen atoms in total. The van der Waals surface area contributed by atoms with Crippen LogP contribution in [0.2, 0.25) is 0 Å². The van der Waals surface area contributed by atoms with Crippen LogP contribution in [-0.4, -0.2) is 32.4 Å². The Morgan fingerprint density at radius 2 is 0.906 bits per heavy atom. The molecule has 0 saturated carbocycles. The maximum absolute atomic E-state index is 11.1. The molecule has 0 saturated heterocycles. The predicted octanol–water partition coefficient (Wildman–Crippen LogP) is 14.0. The van der Waals surface area contributed by atoms with Crippen LogP contribution in [0.25, 0.3) is 0 Å². The van der Waals surface area contributed by atoms with E-state index in [1.807, 2.05) is 13.8 Å². The van der Waals surface area contributed by atoms with Crippen molar-refractivity contribution in [2.24, 2.45) is 11.8 Å². The number of carboxylic acids is 2. The fraction of sp³-hybridized carbons (Fsp3) is 0.864. The molecule has 9 heteroatoms. The summed E-state index contributed by atoms with van der Waals surface area (Å²) in [5.41, 5.74) is 0. The monoisotopic (exact) mass is 791 g/mol. The first-order valence-corrected chi connectivity index (χ1v) is 23.9. The topological polar surface area (TPSA) is 130 Å². The first kappa shape index (κ1) is 56.1. The molecule has 0 bridgehead atoms. The Labute approximate surface area is 334 Å². The Morgan fingerprint density at radius 1 is 0.547 bits per heavy atom. The van der Waals surface area contributed by atoms with Crippen molar-refractivity contribution in [2.75, 3.05) is 6.61 Å². The Hall–Kier alpha value is -1.19. The van der Waals surface area contributed by atoms with E-state index in [1.165, 1.54) is 141 Å². The molecule has 3 N–H and O–H groups in total. The van der Waals surface area contributed by atoms with Gasteiger partial charge in [0.15, 0.2) is 0 Å². The number of hydrogen-bond donors (Lipinski definition) is 3. The van der Waals surface area contributed by atoms with Gasteiger partial charge < -0.3 is 10.2 Å². The standard InChI is InChI=1S/C21H40O2.C18H34O2.C5H12O2.H2O.O.Ti/c1-4-5-6-7-8-9-10-11-12-13-14-15-16-17-18-20(19(2)3)21(22)23;1-2-3-4-5-6-7-8-9-10-11-12-13-14-15-16-17-18(19)20;1-2-3-4-5-7-6;;;/h11-12,19-20H,4-10,13-18H2,1-3H3,(H,22,23);9-10H,2-8,11-17H2,1H3,(H,19,20);6H,2-5H2,1H3;1H2;;/q;;;;;+2/p-2/b12-11-;10-9-;;;;. The van der Waals surface area contributed by atoms with Gasteiger partial charge in [-0.1, -0.05) is 155 Å². The molecular formula is C44H86O8Ti. The second-order valence-electron chi connectivity index (χ2n) is 14.8. The van der Waals surface area contributed by atoms with Crippen LogP contribution in [-0.2, 0) is 39.9 Å². The first-order chi connectivity index (χ1) is 25.6. The summed E-state index contributed by atoms with van der Waals surface area (Å²) in [7, 11) is 0. The summed E-state index contributed by atoms with van der Waals surface area (Å²) in [5.74, 6) is -1.20. The molecule has 0 rings (SSSR count). The average molecular weight is 791 g/mol. The molecular weight excluding hydrogens is 704 g/mol. The van der Waals surface area contributed by atoms with Gasteiger partial charge in [0.05, 0.1) is 5.92 Å². The van der Waals surface area contributed by atoms with E-state index in [0.717, 1.165) is 44.9 Å². The van der Waals surface area contributed by atoms with Crippen molar-refractivity contribution in [2.45, 2.75) is 227 Å². The van der Waals surface area contributed by atoms with Gasteiger partial charge in [0.2, 0.25) is 0 Å². The second-order valence-corrected chi connectivity index (χ2v) is 15.9. The number of aliphatic carboxylic acids is 2. The third kappa shape index (κ3) is 55.2. The number of carbonyl (C=O) groups is 2. The van der Waals surface area contributed by atoms with Gasteiger partial charge >= 0.3 is 78.7 Å². The molecule has 0 spiro atoms. The van der Waals surface area contributed by atoms with Crippen LogP contribution in [0.1, 0.15) is 227 Å². The molecule has 0 aromatic carbocycles. The zero-order valence-electron chi connectivity index (χ0n) is 35.3. The summed E-state index contributed by atoms with van der Waals surface area (Å²) < 4.78 is 22.2. The first-order valence-electron chi connectivity index (χ1n) is 21.9. The SMILES string of the molecule is CCCCCCCC/C=C\CCCCCCC(C(=O)O)C(C)C.CCCCCCCC/C=C\CCCCCCCC(=O)O.CCCCCO[O][Ti](=[O])[OH]. The maximum atomic E-state index is 11.1. The number of unbranched alkanes of at least 4 members (excludes halogenated alkanes) is 23. The molecule has 314 valence electrons. The zero-order valence-corrected chi connectivity index (χ0v) is 36.8. The minimum atomic E-state index is -3.42. The van der Waals surface area contributed by atoms with Crippen molar-refractivity contribution >= 4 is 11.9 Å². The van der Waals surface area contributed by atoms with Gasteiger partial charge in [0, 0.05) is 6.42 Å². The molecule has 0 aliphatic carbocycles. The van der Waals surface area contributed by atoms with E-state index in [-0.39, 0.29) is 11.8 Å². The third-order valence-electron chi connectivity index (χ3n) is 9.26. The van der Waals surface area contributed by atoms with Crippen LogP contribution >= 0.6 is 0 Å². The van der Waals surface area contributed by atoms with Gasteiger partial charge in [0.25, 0.3) is 0 Å². The predicted molar refractivity (Wildman–Crippen MR) is 217 cm³/mol. The summed E-state index contributed by atoms with van der Waals surface area (Å²) >= 11 is -3.42. The summed E-state index contributed by atoms with van der Waals surface area (Å²) in [6.07, 6.45) is 45.1. The van der Waals surface area contributed by atoms with Crippen LogP contribution in [0.5, 0.6) is 0 Å². The van der Waals surface area contributed by atoms with E-state index in [2.05, 4.69) is 53.4 Å². The average Bonchev–Trinajstić information content (AvgIpc) is 3.11.